The summed E-state index contributed by atoms with van der Waals surface area (Å²) in [7, 11) is 0. The monoisotopic (exact) mass is 382 g/mol. The molecule has 8 heteroatoms. The van der Waals surface area contributed by atoms with Crippen molar-refractivity contribution < 1.29 is 9.53 Å². The van der Waals surface area contributed by atoms with Gasteiger partial charge < -0.3 is 14.2 Å². The number of hydrogen-bond donors (Lipinski definition) is 0. The van der Waals surface area contributed by atoms with E-state index in [9.17, 15) is 4.79 Å². The van der Waals surface area contributed by atoms with Crippen molar-refractivity contribution in [2.45, 2.75) is 39.1 Å². The minimum Gasteiger partial charge on any atom is -0.486 e. The Morgan fingerprint density at radius 1 is 1.20 bits per heavy atom. The number of hydrogen-bond acceptors (Lipinski definition) is 5. The quantitative estimate of drug-likeness (QED) is 0.621. The van der Waals surface area contributed by atoms with Gasteiger partial charge in [0.25, 0.3) is 0 Å². The summed E-state index contributed by atoms with van der Waals surface area (Å²) in [6.45, 7) is 8.44. The van der Waals surface area contributed by atoms with Crippen molar-refractivity contribution in [2.24, 2.45) is 0 Å². The first-order valence-electron chi connectivity index (χ1n) is 8.30. The Kier molecular flexibility index (Phi) is 7.58. The van der Waals surface area contributed by atoms with E-state index in [1.807, 2.05) is 42.4 Å². The van der Waals surface area contributed by atoms with Crippen molar-refractivity contribution in [1.29, 1.82) is 0 Å². The second-order valence-electron chi connectivity index (χ2n) is 5.24. The molecule has 0 aliphatic heterocycles. The van der Waals surface area contributed by atoms with E-state index >= 15 is 0 Å². The minimum atomic E-state index is 0.111. The molecular formula is C17H23ClN4O2S. The second kappa shape index (κ2) is 9.68. The summed E-state index contributed by atoms with van der Waals surface area (Å²) in [5.41, 5.74) is 0. The average molecular weight is 383 g/mol. The van der Waals surface area contributed by atoms with Crippen LogP contribution in [0.2, 0.25) is 5.02 Å². The highest BCUT2D eigenvalue weighted by molar-refractivity contribution is 7.99. The number of benzene rings is 1. The van der Waals surface area contributed by atoms with Gasteiger partial charge in [-0.05, 0) is 45.0 Å². The summed E-state index contributed by atoms with van der Waals surface area (Å²) < 4.78 is 7.70. The summed E-state index contributed by atoms with van der Waals surface area (Å²) >= 11 is 7.28. The zero-order chi connectivity index (χ0) is 18.2. The maximum absolute atomic E-state index is 12.1. The van der Waals surface area contributed by atoms with Gasteiger partial charge in [-0.1, -0.05) is 23.4 Å². The Morgan fingerprint density at radius 3 is 2.48 bits per heavy atom. The van der Waals surface area contributed by atoms with E-state index < -0.39 is 0 Å². The van der Waals surface area contributed by atoms with Gasteiger partial charge in [0.1, 0.15) is 12.4 Å². The van der Waals surface area contributed by atoms with Gasteiger partial charge in [-0.25, -0.2) is 0 Å². The molecule has 0 radical (unpaired) electrons. The maximum Gasteiger partial charge on any atom is 0.233 e. The van der Waals surface area contributed by atoms with Crippen molar-refractivity contribution in [3.8, 4) is 5.75 Å². The molecule has 2 aromatic rings. The Morgan fingerprint density at radius 2 is 1.88 bits per heavy atom. The number of aromatic nitrogens is 3. The van der Waals surface area contributed by atoms with Gasteiger partial charge in [-0.2, -0.15) is 0 Å². The topological polar surface area (TPSA) is 60.3 Å². The first kappa shape index (κ1) is 19.6. The molecule has 0 saturated carbocycles. The van der Waals surface area contributed by atoms with Crippen molar-refractivity contribution in [3.05, 3.63) is 35.1 Å². The lowest BCUT2D eigenvalue weighted by atomic mass is 10.3. The molecule has 2 rings (SSSR count). The molecule has 0 bridgehead atoms. The molecule has 1 heterocycles. The zero-order valence-electron chi connectivity index (χ0n) is 14.7. The fourth-order valence-electron chi connectivity index (χ4n) is 2.32. The van der Waals surface area contributed by atoms with Crippen LogP contribution < -0.4 is 4.74 Å². The summed E-state index contributed by atoms with van der Waals surface area (Å²) in [5.74, 6) is 1.92. The summed E-state index contributed by atoms with van der Waals surface area (Å²) in [4.78, 5) is 13.9. The van der Waals surface area contributed by atoms with Gasteiger partial charge in [-0.3, -0.25) is 4.79 Å². The predicted octanol–water partition coefficient (Wildman–Crippen LogP) is 3.49. The molecule has 136 valence electrons. The van der Waals surface area contributed by atoms with Gasteiger partial charge in [-0.15, -0.1) is 10.2 Å². The normalized spacial score (nSPS) is 10.7. The molecule has 1 amide bonds. The van der Waals surface area contributed by atoms with Gasteiger partial charge in [0.05, 0.1) is 5.75 Å². The van der Waals surface area contributed by atoms with Crippen LogP contribution in [-0.4, -0.2) is 44.4 Å². The van der Waals surface area contributed by atoms with Crippen molar-refractivity contribution in [2.75, 3.05) is 18.8 Å². The molecule has 0 atom stereocenters. The smallest absolute Gasteiger partial charge is 0.233 e. The minimum absolute atomic E-state index is 0.111. The first-order valence-corrected chi connectivity index (χ1v) is 9.66. The van der Waals surface area contributed by atoms with Gasteiger partial charge in [0, 0.05) is 24.7 Å². The van der Waals surface area contributed by atoms with Crippen LogP contribution >= 0.6 is 23.4 Å². The fourth-order valence-corrected chi connectivity index (χ4v) is 3.37. The number of halogens is 1. The van der Waals surface area contributed by atoms with Gasteiger partial charge >= 0.3 is 0 Å². The summed E-state index contributed by atoms with van der Waals surface area (Å²) in [6.07, 6.45) is 0. The molecule has 0 aliphatic rings. The van der Waals surface area contributed by atoms with Crippen molar-refractivity contribution >= 4 is 29.3 Å². The van der Waals surface area contributed by atoms with Crippen LogP contribution in [0.15, 0.2) is 29.4 Å². The van der Waals surface area contributed by atoms with E-state index in [-0.39, 0.29) is 5.91 Å². The third kappa shape index (κ3) is 5.37. The predicted molar refractivity (Wildman–Crippen MR) is 100 cm³/mol. The van der Waals surface area contributed by atoms with Crippen LogP contribution in [0.3, 0.4) is 0 Å². The van der Waals surface area contributed by atoms with E-state index in [4.69, 9.17) is 16.3 Å². The molecule has 0 N–H and O–H groups in total. The Labute approximate surface area is 157 Å². The lowest BCUT2D eigenvalue weighted by molar-refractivity contribution is -0.127. The van der Waals surface area contributed by atoms with Crippen LogP contribution in [0.25, 0.3) is 0 Å². The molecule has 25 heavy (non-hydrogen) atoms. The highest BCUT2D eigenvalue weighted by Gasteiger charge is 2.15. The van der Waals surface area contributed by atoms with Crippen LogP contribution in [0.5, 0.6) is 5.75 Å². The van der Waals surface area contributed by atoms with Crippen molar-refractivity contribution in [3.63, 3.8) is 0 Å². The van der Waals surface area contributed by atoms with Crippen molar-refractivity contribution in [1.82, 2.24) is 19.7 Å². The molecule has 0 unspecified atom stereocenters. The van der Waals surface area contributed by atoms with Gasteiger partial charge in [0.15, 0.2) is 11.0 Å². The van der Waals surface area contributed by atoms with E-state index in [1.165, 1.54) is 11.8 Å². The summed E-state index contributed by atoms with van der Waals surface area (Å²) in [6, 6.07) is 7.18. The lowest BCUT2D eigenvalue weighted by Gasteiger charge is -2.18. The Hall–Kier alpha value is -1.73. The van der Waals surface area contributed by atoms with Crippen LogP contribution in [0.4, 0.5) is 0 Å². The second-order valence-corrected chi connectivity index (χ2v) is 6.62. The molecule has 0 spiro atoms. The number of thioether (sulfide) groups is 1. The molecule has 0 fully saturated rings. The molecule has 1 aromatic heterocycles. The molecule has 6 nitrogen and oxygen atoms in total. The van der Waals surface area contributed by atoms with E-state index in [0.29, 0.717) is 23.9 Å². The number of ether oxygens (including phenoxy) is 1. The molecule has 1 aromatic carbocycles. The fraction of sp³-hybridized carbons (Fsp3) is 0.471. The Balaban J connectivity index is 1.97. The third-order valence-electron chi connectivity index (χ3n) is 3.73. The van der Waals surface area contributed by atoms with Gasteiger partial charge in [0.2, 0.25) is 5.91 Å². The maximum atomic E-state index is 12.1. The van der Waals surface area contributed by atoms with E-state index in [0.717, 1.165) is 29.8 Å². The molecule has 0 saturated heterocycles. The summed E-state index contributed by atoms with van der Waals surface area (Å²) in [5, 5.41) is 9.80. The highest BCUT2D eigenvalue weighted by atomic mass is 35.5. The number of nitrogens with zero attached hydrogens (tertiary/aromatic N) is 4. The van der Waals surface area contributed by atoms with Crippen LogP contribution in [-0.2, 0) is 17.9 Å². The molecule has 0 aliphatic carbocycles. The largest absolute Gasteiger partial charge is 0.486 e. The number of carbonyl (C=O) groups is 1. The van der Waals surface area contributed by atoms with Crippen LogP contribution in [0, 0.1) is 0 Å². The highest BCUT2D eigenvalue weighted by Crippen LogP contribution is 2.20. The first-order chi connectivity index (χ1) is 12.1. The average Bonchev–Trinajstić information content (AvgIpc) is 3.02. The Bertz CT molecular complexity index is 686. The van der Waals surface area contributed by atoms with Crippen LogP contribution in [0.1, 0.15) is 26.6 Å². The lowest BCUT2D eigenvalue weighted by Crippen LogP contribution is -2.31. The SMILES string of the molecule is CCN(CC)C(=O)CSc1nnc(COc2ccc(Cl)cc2)n1CC. The number of carbonyl (C=O) groups excluding carboxylic acids is 1. The third-order valence-corrected chi connectivity index (χ3v) is 4.94. The number of rotatable bonds is 9. The standard InChI is InChI=1S/C17H23ClN4O2S/c1-4-21(5-2)16(23)12-25-17-20-19-15(22(17)6-3)11-24-14-9-7-13(18)8-10-14/h7-10H,4-6,11-12H2,1-3H3. The van der Waals surface area contributed by atoms with E-state index in [1.54, 1.807) is 12.1 Å². The zero-order valence-corrected chi connectivity index (χ0v) is 16.3. The van der Waals surface area contributed by atoms with E-state index in [2.05, 4.69) is 10.2 Å². The number of amides is 1. The molecular weight excluding hydrogens is 360 g/mol.